The molecule has 1 aromatic heterocycles. The molecular formula is C10H17N3O. The predicted molar refractivity (Wildman–Crippen MR) is 53.6 cm³/mol. The van der Waals surface area contributed by atoms with Gasteiger partial charge >= 0.3 is 0 Å². The Hall–Kier alpha value is -0.870. The first-order chi connectivity index (χ1) is 6.51. The van der Waals surface area contributed by atoms with Crippen molar-refractivity contribution in [3.8, 4) is 0 Å². The lowest BCUT2D eigenvalue weighted by atomic mass is 9.63. The van der Waals surface area contributed by atoms with E-state index in [9.17, 15) is 5.11 Å². The topological polar surface area (TPSA) is 74.9 Å². The van der Waals surface area contributed by atoms with Gasteiger partial charge in [0.1, 0.15) is 0 Å². The molecule has 1 aliphatic carbocycles. The van der Waals surface area contributed by atoms with Crippen LogP contribution in [0.1, 0.15) is 31.5 Å². The van der Waals surface area contributed by atoms with Gasteiger partial charge < -0.3 is 10.8 Å². The maximum absolute atomic E-state index is 9.48. The molecule has 0 fully saturated rings. The molecule has 0 aromatic carbocycles. The second kappa shape index (κ2) is 2.81. The summed E-state index contributed by atoms with van der Waals surface area (Å²) < 4.78 is 0. The zero-order valence-electron chi connectivity index (χ0n) is 8.67. The fourth-order valence-electron chi connectivity index (χ4n) is 2.21. The van der Waals surface area contributed by atoms with Crippen LogP contribution in [0.15, 0.2) is 6.20 Å². The van der Waals surface area contributed by atoms with Crippen LogP contribution in [-0.2, 0) is 12.0 Å². The van der Waals surface area contributed by atoms with Crippen molar-refractivity contribution < 1.29 is 5.11 Å². The smallest absolute Gasteiger partial charge is 0.0729 e. The third kappa shape index (κ3) is 1.04. The SMILES string of the molecule is CC1(C)CCc2[nH]ncc2C1(N)CO. The minimum Gasteiger partial charge on any atom is -0.394 e. The Morgan fingerprint density at radius 1 is 1.64 bits per heavy atom. The zero-order chi connectivity index (χ0) is 10.4. The minimum atomic E-state index is -0.659. The van der Waals surface area contributed by atoms with Gasteiger partial charge in [0, 0.05) is 11.3 Å². The van der Waals surface area contributed by atoms with Gasteiger partial charge in [-0.25, -0.2) is 0 Å². The Bertz CT molecular complexity index is 345. The van der Waals surface area contributed by atoms with Gasteiger partial charge in [0.05, 0.1) is 18.3 Å². The van der Waals surface area contributed by atoms with E-state index in [1.165, 1.54) is 0 Å². The molecule has 1 aliphatic rings. The number of nitrogens with two attached hydrogens (primary N) is 1. The number of aromatic nitrogens is 2. The average molecular weight is 195 g/mol. The molecule has 0 aliphatic heterocycles. The first-order valence-electron chi connectivity index (χ1n) is 4.94. The number of nitrogens with one attached hydrogen (secondary N) is 1. The summed E-state index contributed by atoms with van der Waals surface area (Å²) >= 11 is 0. The quantitative estimate of drug-likeness (QED) is 0.612. The first kappa shape index (κ1) is 9.68. The lowest BCUT2D eigenvalue weighted by Crippen LogP contribution is -2.55. The summed E-state index contributed by atoms with van der Waals surface area (Å²) in [7, 11) is 0. The number of aromatic amines is 1. The number of aryl methyl sites for hydroxylation is 1. The van der Waals surface area contributed by atoms with Gasteiger partial charge in [-0.3, -0.25) is 5.10 Å². The van der Waals surface area contributed by atoms with Gasteiger partial charge in [-0.1, -0.05) is 13.8 Å². The van der Waals surface area contributed by atoms with E-state index in [0.717, 1.165) is 24.1 Å². The minimum absolute atomic E-state index is 0.0352. The van der Waals surface area contributed by atoms with Gasteiger partial charge in [0.25, 0.3) is 0 Å². The van der Waals surface area contributed by atoms with E-state index in [4.69, 9.17) is 5.73 Å². The fourth-order valence-corrected chi connectivity index (χ4v) is 2.21. The van der Waals surface area contributed by atoms with Gasteiger partial charge in [0.2, 0.25) is 0 Å². The number of hydrogen-bond acceptors (Lipinski definition) is 3. The van der Waals surface area contributed by atoms with Gasteiger partial charge in [-0.15, -0.1) is 0 Å². The summed E-state index contributed by atoms with van der Waals surface area (Å²) in [6.45, 7) is 4.16. The highest BCUT2D eigenvalue weighted by atomic mass is 16.3. The molecule has 4 N–H and O–H groups in total. The third-order valence-electron chi connectivity index (χ3n) is 3.66. The van der Waals surface area contributed by atoms with Crippen molar-refractivity contribution in [3.05, 3.63) is 17.5 Å². The van der Waals surface area contributed by atoms with Crippen molar-refractivity contribution in [1.82, 2.24) is 10.2 Å². The number of fused-ring (bicyclic) bond motifs is 1. The molecule has 1 atom stereocenters. The summed E-state index contributed by atoms with van der Waals surface area (Å²) in [5, 5.41) is 16.4. The van der Waals surface area contributed by atoms with E-state index in [-0.39, 0.29) is 12.0 Å². The zero-order valence-corrected chi connectivity index (χ0v) is 8.67. The van der Waals surface area contributed by atoms with E-state index in [2.05, 4.69) is 24.0 Å². The van der Waals surface area contributed by atoms with E-state index < -0.39 is 5.54 Å². The van der Waals surface area contributed by atoms with Crippen molar-refractivity contribution in [2.75, 3.05) is 6.61 Å². The maximum atomic E-state index is 9.48. The van der Waals surface area contributed by atoms with E-state index >= 15 is 0 Å². The highest BCUT2D eigenvalue weighted by Crippen LogP contribution is 2.45. The van der Waals surface area contributed by atoms with Crippen molar-refractivity contribution >= 4 is 0 Å². The summed E-state index contributed by atoms with van der Waals surface area (Å²) in [6, 6.07) is 0. The van der Waals surface area contributed by atoms with Crippen LogP contribution in [0.5, 0.6) is 0 Å². The number of aliphatic hydroxyl groups excluding tert-OH is 1. The second-order valence-corrected chi connectivity index (χ2v) is 4.78. The van der Waals surface area contributed by atoms with Gasteiger partial charge in [-0.05, 0) is 18.3 Å². The number of rotatable bonds is 1. The molecule has 4 heteroatoms. The summed E-state index contributed by atoms with van der Waals surface area (Å²) in [6.07, 6.45) is 3.67. The largest absolute Gasteiger partial charge is 0.394 e. The highest BCUT2D eigenvalue weighted by Gasteiger charge is 2.47. The molecule has 0 amide bonds. The summed E-state index contributed by atoms with van der Waals surface area (Å²) in [5.74, 6) is 0. The first-order valence-corrected chi connectivity index (χ1v) is 4.94. The molecule has 0 saturated heterocycles. The molecule has 78 valence electrons. The van der Waals surface area contributed by atoms with Gasteiger partial charge in [-0.2, -0.15) is 5.10 Å². The number of nitrogens with zero attached hydrogens (tertiary/aromatic N) is 1. The van der Waals surface area contributed by atoms with E-state index in [1.807, 2.05) is 0 Å². The standard InChI is InChI=1S/C10H17N3O/c1-9(2)4-3-8-7(5-12-13-8)10(9,11)6-14/h5,14H,3-4,6,11H2,1-2H3,(H,12,13). The molecule has 14 heavy (non-hydrogen) atoms. The van der Waals surface area contributed by atoms with Crippen molar-refractivity contribution in [2.45, 2.75) is 32.2 Å². The van der Waals surface area contributed by atoms with Crippen LogP contribution in [0.2, 0.25) is 0 Å². The lowest BCUT2D eigenvalue weighted by molar-refractivity contribution is 0.0630. The molecule has 1 heterocycles. The van der Waals surface area contributed by atoms with E-state index in [0.29, 0.717) is 0 Å². The molecule has 0 saturated carbocycles. The molecule has 1 unspecified atom stereocenters. The maximum Gasteiger partial charge on any atom is 0.0729 e. The third-order valence-corrected chi connectivity index (χ3v) is 3.66. The number of aliphatic hydroxyl groups is 1. The van der Waals surface area contributed by atoms with Crippen LogP contribution in [0.4, 0.5) is 0 Å². The lowest BCUT2D eigenvalue weighted by Gasteiger charge is -2.46. The molecule has 0 spiro atoms. The fraction of sp³-hybridized carbons (Fsp3) is 0.700. The molecule has 1 aromatic rings. The molecule has 0 bridgehead atoms. The average Bonchev–Trinajstić information content (AvgIpc) is 2.60. The van der Waals surface area contributed by atoms with Crippen LogP contribution >= 0.6 is 0 Å². The van der Waals surface area contributed by atoms with Crippen molar-refractivity contribution in [3.63, 3.8) is 0 Å². The number of hydrogen-bond donors (Lipinski definition) is 3. The normalized spacial score (nSPS) is 30.0. The van der Waals surface area contributed by atoms with Crippen molar-refractivity contribution in [1.29, 1.82) is 0 Å². The Morgan fingerprint density at radius 2 is 2.36 bits per heavy atom. The number of H-pyrrole nitrogens is 1. The summed E-state index contributed by atoms with van der Waals surface area (Å²) in [4.78, 5) is 0. The van der Waals surface area contributed by atoms with Gasteiger partial charge in [0.15, 0.2) is 0 Å². The Labute approximate surface area is 83.5 Å². The van der Waals surface area contributed by atoms with Crippen LogP contribution < -0.4 is 5.73 Å². The molecule has 4 nitrogen and oxygen atoms in total. The van der Waals surface area contributed by atoms with Crippen molar-refractivity contribution in [2.24, 2.45) is 11.1 Å². The molecule has 2 rings (SSSR count). The monoisotopic (exact) mass is 195 g/mol. The summed E-state index contributed by atoms with van der Waals surface area (Å²) in [5.41, 5.74) is 7.58. The Balaban J connectivity index is 2.55. The van der Waals surface area contributed by atoms with Crippen LogP contribution in [-0.4, -0.2) is 21.9 Å². The second-order valence-electron chi connectivity index (χ2n) is 4.78. The predicted octanol–water partition coefficient (Wildman–Crippen LogP) is 0.528. The van der Waals surface area contributed by atoms with Crippen LogP contribution in [0.3, 0.4) is 0 Å². The highest BCUT2D eigenvalue weighted by molar-refractivity contribution is 5.32. The Morgan fingerprint density at radius 3 is 3.00 bits per heavy atom. The molecular weight excluding hydrogens is 178 g/mol. The van der Waals surface area contributed by atoms with Crippen LogP contribution in [0, 0.1) is 5.41 Å². The van der Waals surface area contributed by atoms with E-state index in [1.54, 1.807) is 6.20 Å². The Kier molecular flexibility index (Phi) is 1.94. The van der Waals surface area contributed by atoms with Crippen LogP contribution in [0.25, 0.3) is 0 Å². The molecule has 0 radical (unpaired) electrons.